The summed E-state index contributed by atoms with van der Waals surface area (Å²) in [5, 5.41) is 2.80. The predicted molar refractivity (Wildman–Crippen MR) is 104 cm³/mol. The summed E-state index contributed by atoms with van der Waals surface area (Å²) in [6.45, 7) is 1.46. The number of fused-ring (bicyclic) bond motifs is 2. The van der Waals surface area contributed by atoms with Gasteiger partial charge in [-0.15, -0.1) is 0 Å². The molecule has 6 nitrogen and oxygen atoms in total. The van der Waals surface area contributed by atoms with Gasteiger partial charge in [-0.25, -0.2) is 9.37 Å². The zero-order chi connectivity index (χ0) is 20.1. The van der Waals surface area contributed by atoms with E-state index >= 15 is 0 Å². The van der Waals surface area contributed by atoms with Gasteiger partial charge in [0, 0.05) is 31.0 Å². The number of benzene rings is 1. The van der Waals surface area contributed by atoms with Crippen LogP contribution in [0.1, 0.15) is 53.6 Å². The smallest absolute Gasteiger partial charge is 0.274 e. The van der Waals surface area contributed by atoms with Crippen molar-refractivity contribution in [1.29, 1.82) is 0 Å². The number of Topliss-reactive ketones (excluding diaryl/α,β-unsaturated/α-hetero) is 1. The van der Waals surface area contributed by atoms with Crippen LogP contribution >= 0.6 is 11.6 Å². The van der Waals surface area contributed by atoms with Crippen LogP contribution in [0.2, 0.25) is 5.02 Å². The van der Waals surface area contributed by atoms with Crippen molar-refractivity contribution in [3.05, 3.63) is 46.3 Å². The minimum absolute atomic E-state index is 0.0416. The molecule has 2 saturated carbocycles. The Morgan fingerprint density at radius 1 is 1.28 bits per heavy atom. The van der Waals surface area contributed by atoms with Crippen molar-refractivity contribution < 1.29 is 18.7 Å². The zero-order valence-corrected chi connectivity index (χ0v) is 16.5. The Morgan fingerprint density at radius 2 is 2.03 bits per heavy atom. The lowest BCUT2D eigenvalue weighted by atomic mass is 9.97. The first kappa shape index (κ1) is 18.8. The van der Waals surface area contributed by atoms with Crippen LogP contribution < -0.4 is 5.32 Å². The van der Waals surface area contributed by atoms with Crippen molar-refractivity contribution in [2.45, 2.75) is 44.8 Å². The predicted octanol–water partition coefficient (Wildman–Crippen LogP) is 3.93. The Kier molecular flexibility index (Phi) is 4.67. The molecule has 0 radical (unpaired) electrons. The minimum Gasteiger partial charge on any atom is -0.372 e. The van der Waals surface area contributed by atoms with Crippen LogP contribution in [-0.4, -0.2) is 27.8 Å². The average Bonchev–Trinajstić information content (AvgIpc) is 3.34. The lowest BCUT2D eigenvalue weighted by Gasteiger charge is -2.18. The fraction of sp³-hybridized carbons (Fsp3) is 0.476. The minimum atomic E-state index is -0.531. The molecule has 1 aliphatic heterocycles. The zero-order valence-electron chi connectivity index (χ0n) is 15.8. The van der Waals surface area contributed by atoms with Crippen molar-refractivity contribution in [3.63, 3.8) is 0 Å². The van der Waals surface area contributed by atoms with Gasteiger partial charge >= 0.3 is 0 Å². The number of hydrogen-bond donors (Lipinski definition) is 1. The molecule has 2 heterocycles. The molecule has 1 N–H and O–H groups in total. The van der Waals surface area contributed by atoms with Crippen LogP contribution in [0.3, 0.4) is 0 Å². The van der Waals surface area contributed by atoms with Crippen molar-refractivity contribution >= 4 is 29.0 Å². The van der Waals surface area contributed by atoms with Gasteiger partial charge in [0.15, 0.2) is 0 Å². The largest absolute Gasteiger partial charge is 0.372 e. The molecule has 0 spiro atoms. The summed E-state index contributed by atoms with van der Waals surface area (Å²) in [4.78, 5) is 29.7. The maximum atomic E-state index is 13.4. The second kappa shape index (κ2) is 7.22. The van der Waals surface area contributed by atoms with E-state index < -0.39 is 5.82 Å². The summed E-state index contributed by atoms with van der Waals surface area (Å²) in [6, 6.07) is 4.12. The highest BCUT2D eigenvalue weighted by molar-refractivity contribution is 6.31. The summed E-state index contributed by atoms with van der Waals surface area (Å²) >= 11 is 5.85. The monoisotopic (exact) mass is 417 g/mol. The van der Waals surface area contributed by atoms with Gasteiger partial charge in [-0.3, -0.25) is 9.59 Å². The highest BCUT2D eigenvalue weighted by atomic mass is 35.5. The van der Waals surface area contributed by atoms with E-state index in [-0.39, 0.29) is 16.8 Å². The molecule has 5 rings (SSSR count). The number of carbonyl (C=O) groups excluding carboxylic acids is 2. The third-order valence-electron chi connectivity index (χ3n) is 6.36. The van der Waals surface area contributed by atoms with Gasteiger partial charge in [-0.1, -0.05) is 11.6 Å². The molecule has 29 heavy (non-hydrogen) atoms. The van der Waals surface area contributed by atoms with Gasteiger partial charge in [-0.2, -0.15) is 0 Å². The number of rotatable bonds is 3. The fourth-order valence-electron chi connectivity index (χ4n) is 5.08. The second-order valence-electron chi connectivity index (χ2n) is 8.18. The van der Waals surface area contributed by atoms with Crippen molar-refractivity contribution in [1.82, 2.24) is 9.55 Å². The standard InChI is InChI=1S/C21H21ClFN3O3/c22-16-9-14(1-2-17(16)23)24-21(28)20-19(25-18-10-29-4-3-26(18)20)13-5-11-7-15(27)8-12(11)6-13/h1-2,9,11-13H,3-8,10H2,(H,24,28). The highest BCUT2D eigenvalue weighted by Gasteiger charge is 2.44. The van der Waals surface area contributed by atoms with E-state index in [0.29, 0.717) is 61.6 Å². The number of carbonyl (C=O) groups is 2. The van der Waals surface area contributed by atoms with Crippen LogP contribution in [-0.2, 0) is 22.7 Å². The second-order valence-corrected chi connectivity index (χ2v) is 8.59. The Hall–Kier alpha value is -2.25. The number of ketones is 1. The number of aromatic nitrogens is 2. The number of ether oxygens (including phenoxy) is 1. The number of nitrogens with one attached hydrogen (secondary N) is 1. The molecule has 8 heteroatoms. The Morgan fingerprint density at radius 3 is 2.76 bits per heavy atom. The third kappa shape index (κ3) is 3.36. The van der Waals surface area contributed by atoms with E-state index in [0.717, 1.165) is 24.4 Å². The number of amides is 1. The molecule has 3 aliphatic rings. The highest BCUT2D eigenvalue weighted by Crippen LogP contribution is 2.49. The molecule has 2 aromatic rings. The van der Waals surface area contributed by atoms with E-state index in [4.69, 9.17) is 21.3 Å². The summed E-state index contributed by atoms with van der Waals surface area (Å²) in [5.74, 6) is 1.24. The van der Waals surface area contributed by atoms with Gasteiger partial charge < -0.3 is 14.6 Å². The molecule has 1 amide bonds. The Labute approximate surface area is 172 Å². The molecule has 2 unspecified atom stereocenters. The molecule has 1 aromatic heterocycles. The average molecular weight is 418 g/mol. The summed E-state index contributed by atoms with van der Waals surface area (Å²) in [6.07, 6.45) is 3.06. The normalized spacial score (nSPS) is 25.7. The van der Waals surface area contributed by atoms with Gasteiger partial charge in [0.2, 0.25) is 0 Å². The fourth-order valence-corrected chi connectivity index (χ4v) is 5.26. The molecular weight excluding hydrogens is 397 g/mol. The van der Waals surface area contributed by atoms with Crippen molar-refractivity contribution in [2.24, 2.45) is 11.8 Å². The summed E-state index contributed by atoms with van der Waals surface area (Å²) in [7, 11) is 0. The lowest BCUT2D eigenvalue weighted by molar-refractivity contribution is -0.117. The SMILES string of the molecule is O=C1CC2CC(c3nc4n(c3C(=O)Nc3ccc(F)c(Cl)c3)CCOC4)CC2C1. The molecule has 1 aromatic carbocycles. The van der Waals surface area contributed by atoms with E-state index in [1.54, 1.807) is 0 Å². The Balaban J connectivity index is 1.46. The van der Waals surface area contributed by atoms with E-state index in [1.165, 1.54) is 18.2 Å². The first-order chi connectivity index (χ1) is 14.0. The number of anilines is 1. The maximum absolute atomic E-state index is 13.4. The topological polar surface area (TPSA) is 73.2 Å². The molecule has 0 saturated heterocycles. The van der Waals surface area contributed by atoms with Gasteiger partial charge in [0.25, 0.3) is 5.91 Å². The lowest BCUT2D eigenvalue weighted by Crippen LogP contribution is -2.24. The van der Waals surface area contributed by atoms with E-state index in [1.807, 2.05) is 4.57 Å². The first-order valence-corrected chi connectivity index (χ1v) is 10.3. The van der Waals surface area contributed by atoms with Gasteiger partial charge in [-0.05, 0) is 42.9 Å². The first-order valence-electron chi connectivity index (χ1n) is 9.94. The molecule has 152 valence electrons. The Bertz CT molecular complexity index is 989. The molecule has 0 bridgehead atoms. The van der Waals surface area contributed by atoms with E-state index in [9.17, 15) is 14.0 Å². The van der Waals surface area contributed by atoms with Crippen molar-refractivity contribution in [2.75, 3.05) is 11.9 Å². The van der Waals surface area contributed by atoms with Crippen LogP contribution in [0.15, 0.2) is 18.2 Å². The molecule has 2 aliphatic carbocycles. The number of imidazole rings is 1. The van der Waals surface area contributed by atoms with Crippen LogP contribution in [0.25, 0.3) is 0 Å². The van der Waals surface area contributed by atoms with Gasteiger partial charge in [0.05, 0.1) is 17.3 Å². The van der Waals surface area contributed by atoms with Crippen LogP contribution in [0.4, 0.5) is 10.1 Å². The van der Waals surface area contributed by atoms with Crippen LogP contribution in [0.5, 0.6) is 0 Å². The van der Waals surface area contributed by atoms with E-state index in [2.05, 4.69) is 5.32 Å². The quantitative estimate of drug-likeness (QED) is 0.821. The molecule has 2 fully saturated rings. The maximum Gasteiger partial charge on any atom is 0.274 e. The molecular formula is C21H21ClFN3O3. The molecule has 2 atom stereocenters. The third-order valence-corrected chi connectivity index (χ3v) is 6.65. The van der Waals surface area contributed by atoms with Gasteiger partial charge in [0.1, 0.15) is 29.7 Å². The summed E-state index contributed by atoms with van der Waals surface area (Å²) in [5.41, 5.74) is 1.77. The number of nitrogens with zero attached hydrogens (tertiary/aromatic N) is 2. The van der Waals surface area contributed by atoms with Crippen molar-refractivity contribution in [3.8, 4) is 0 Å². The summed E-state index contributed by atoms with van der Waals surface area (Å²) < 4.78 is 20.9. The van der Waals surface area contributed by atoms with Crippen LogP contribution in [0, 0.1) is 17.7 Å². The number of halogens is 2. The number of hydrogen-bond acceptors (Lipinski definition) is 4.